The molecular weight excluding hydrogens is 382 g/mol. The zero-order chi connectivity index (χ0) is 17.9. The molecule has 0 unspecified atom stereocenters. The second kappa shape index (κ2) is 8.11. The third kappa shape index (κ3) is 4.78. The summed E-state index contributed by atoms with van der Waals surface area (Å²) in [6, 6.07) is 6.18. The van der Waals surface area contributed by atoms with E-state index in [-0.39, 0.29) is 11.4 Å². The monoisotopic (exact) mass is 401 g/mol. The molecule has 0 aliphatic carbocycles. The van der Waals surface area contributed by atoms with Gasteiger partial charge in [-0.05, 0) is 24.3 Å². The number of aromatic nitrogens is 1. The summed E-state index contributed by atoms with van der Waals surface area (Å²) < 4.78 is 31.9. The van der Waals surface area contributed by atoms with Crippen molar-refractivity contribution in [2.45, 2.75) is 18.0 Å². The first kappa shape index (κ1) is 18.8. The molecule has 136 valence electrons. The highest BCUT2D eigenvalue weighted by molar-refractivity contribution is 7.89. The van der Waals surface area contributed by atoms with Gasteiger partial charge in [0.2, 0.25) is 10.0 Å². The first-order chi connectivity index (χ1) is 11.9. The number of halogens is 1. The summed E-state index contributed by atoms with van der Waals surface area (Å²) in [5.74, 6) is 0. The normalized spacial score (nSPS) is 16.4. The van der Waals surface area contributed by atoms with Crippen molar-refractivity contribution >= 4 is 33.0 Å². The number of hydrogen-bond acceptors (Lipinski definition) is 6. The standard InChI is InChI=1S/C16H20ClN3O3S2/c1-19(25(21,22)15-4-2-13(17)3-5-15)10-14-12-24-16(18-14)11-20-6-8-23-9-7-20/h2-5,12H,6-11H2,1H3. The summed E-state index contributed by atoms with van der Waals surface area (Å²) in [5, 5.41) is 3.42. The quantitative estimate of drug-likeness (QED) is 0.744. The third-order valence-electron chi connectivity index (χ3n) is 3.97. The van der Waals surface area contributed by atoms with Gasteiger partial charge in [0.25, 0.3) is 0 Å². The van der Waals surface area contributed by atoms with Crippen LogP contribution in [0.25, 0.3) is 0 Å². The van der Waals surface area contributed by atoms with E-state index < -0.39 is 10.0 Å². The zero-order valence-corrected chi connectivity index (χ0v) is 16.3. The predicted molar refractivity (Wildman–Crippen MR) is 98.3 cm³/mol. The van der Waals surface area contributed by atoms with Crippen LogP contribution in [-0.2, 0) is 27.8 Å². The van der Waals surface area contributed by atoms with Crippen molar-refractivity contribution in [1.82, 2.24) is 14.2 Å². The fourth-order valence-electron chi connectivity index (χ4n) is 2.54. The van der Waals surface area contributed by atoms with Gasteiger partial charge in [0.05, 0.1) is 36.9 Å². The highest BCUT2D eigenvalue weighted by Crippen LogP contribution is 2.20. The number of hydrogen-bond donors (Lipinski definition) is 0. The maximum atomic E-state index is 12.6. The van der Waals surface area contributed by atoms with Crippen molar-refractivity contribution in [3.8, 4) is 0 Å². The number of ether oxygens (including phenoxy) is 1. The topological polar surface area (TPSA) is 62.7 Å². The Labute approximate surface area is 157 Å². The van der Waals surface area contributed by atoms with E-state index in [1.54, 1.807) is 30.5 Å². The Kier molecular flexibility index (Phi) is 6.08. The smallest absolute Gasteiger partial charge is 0.243 e. The van der Waals surface area contributed by atoms with Crippen molar-refractivity contribution in [3.05, 3.63) is 45.4 Å². The highest BCUT2D eigenvalue weighted by Gasteiger charge is 2.22. The Morgan fingerprint density at radius 3 is 2.64 bits per heavy atom. The number of thiazole rings is 1. The van der Waals surface area contributed by atoms with Gasteiger partial charge in [0.15, 0.2) is 0 Å². The van der Waals surface area contributed by atoms with Gasteiger partial charge in [-0.2, -0.15) is 4.31 Å². The fourth-order valence-corrected chi connectivity index (χ4v) is 4.64. The summed E-state index contributed by atoms with van der Waals surface area (Å²) >= 11 is 7.39. The van der Waals surface area contributed by atoms with Gasteiger partial charge >= 0.3 is 0 Å². The van der Waals surface area contributed by atoms with E-state index in [1.807, 2.05) is 5.38 Å². The van der Waals surface area contributed by atoms with E-state index >= 15 is 0 Å². The molecule has 25 heavy (non-hydrogen) atoms. The summed E-state index contributed by atoms with van der Waals surface area (Å²) in [5.41, 5.74) is 0.758. The van der Waals surface area contributed by atoms with E-state index in [2.05, 4.69) is 9.88 Å². The second-order valence-corrected chi connectivity index (χ2v) is 9.26. The number of rotatable bonds is 6. The van der Waals surface area contributed by atoms with E-state index in [0.29, 0.717) is 5.02 Å². The van der Waals surface area contributed by atoms with Crippen LogP contribution in [-0.4, -0.2) is 56.0 Å². The maximum Gasteiger partial charge on any atom is 0.243 e. The molecule has 1 aromatic carbocycles. The van der Waals surface area contributed by atoms with Gasteiger partial charge in [-0.1, -0.05) is 11.6 Å². The Balaban J connectivity index is 1.64. The molecule has 2 aromatic rings. The Hall–Kier alpha value is -1.03. The molecule has 1 aliphatic rings. The lowest BCUT2D eigenvalue weighted by Gasteiger charge is -2.25. The SMILES string of the molecule is CN(Cc1csc(CN2CCOCC2)n1)S(=O)(=O)c1ccc(Cl)cc1. The molecule has 0 saturated carbocycles. The third-order valence-corrected chi connectivity index (χ3v) is 6.92. The average molecular weight is 402 g/mol. The second-order valence-electron chi connectivity index (χ2n) is 5.84. The van der Waals surface area contributed by atoms with Crippen LogP contribution in [0, 0.1) is 0 Å². The molecule has 0 bridgehead atoms. The lowest BCUT2D eigenvalue weighted by molar-refractivity contribution is 0.0341. The molecule has 0 N–H and O–H groups in total. The Morgan fingerprint density at radius 2 is 1.96 bits per heavy atom. The van der Waals surface area contributed by atoms with Crippen molar-refractivity contribution in [1.29, 1.82) is 0 Å². The van der Waals surface area contributed by atoms with Gasteiger partial charge in [-0.3, -0.25) is 4.90 Å². The molecule has 0 atom stereocenters. The number of sulfonamides is 1. The minimum absolute atomic E-state index is 0.225. The molecule has 1 saturated heterocycles. The Bertz CT molecular complexity index is 802. The van der Waals surface area contributed by atoms with E-state index in [0.717, 1.165) is 43.5 Å². The minimum Gasteiger partial charge on any atom is -0.379 e. The molecule has 3 rings (SSSR count). The first-order valence-electron chi connectivity index (χ1n) is 7.90. The molecule has 6 nitrogen and oxygen atoms in total. The zero-order valence-electron chi connectivity index (χ0n) is 13.9. The van der Waals surface area contributed by atoms with Crippen LogP contribution in [0.3, 0.4) is 0 Å². The number of benzene rings is 1. The van der Waals surface area contributed by atoms with E-state index in [9.17, 15) is 8.42 Å². The Morgan fingerprint density at radius 1 is 1.28 bits per heavy atom. The number of morpholine rings is 1. The largest absolute Gasteiger partial charge is 0.379 e. The molecule has 2 heterocycles. The minimum atomic E-state index is -3.56. The predicted octanol–water partition coefficient (Wildman–Crippen LogP) is 2.45. The van der Waals surface area contributed by atoms with Crippen LogP contribution in [0.15, 0.2) is 34.5 Å². The molecule has 1 aromatic heterocycles. The summed E-state index contributed by atoms with van der Waals surface area (Å²) in [6.07, 6.45) is 0. The van der Waals surface area contributed by atoms with Crippen LogP contribution in [0.4, 0.5) is 0 Å². The van der Waals surface area contributed by atoms with E-state index in [1.165, 1.54) is 16.4 Å². The summed E-state index contributed by atoms with van der Waals surface area (Å²) in [4.78, 5) is 7.09. The molecule has 1 aliphatic heterocycles. The molecule has 1 fully saturated rings. The van der Waals surface area contributed by atoms with Crippen molar-refractivity contribution in [3.63, 3.8) is 0 Å². The molecular formula is C16H20ClN3O3S2. The fraction of sp³-hybridized carbons (Fsp3) is 0.438. The summed E-state index contributed by atoms with van der Waals surface area (Å²) in [7, 11) is -2.00. The lowest BCUT2D eigenvalue weighted by Crippen LogP contribution is -2.35. The van der Waals surface area contributed by atoms with Crippen molar-refractivity contribution in [2.24, 2.45) is 0 Å². The van der Waals surface area contributed by atoms with Gasteiger partial charge in [0.1, 0.15) is 5.01 Å². The summed E-state index contributed by atoms with van der Waals surface area (Å²) in [6.45, 7) is 4.33. The van der Waals surface area contributed by atoms with Gasteiger partial charge in [0, 0.05) is 30.5 Å². The highest BCUT2D eigenvalue weighted by atomic mass is 35.5. The lowest BCUT2D eigenvalue weighted by atomic mass is 10.4. The van der Waals surface area contributed by atoms with Gasteiger partial charge in [-0.25, -0.2) is 13.4 Å². The molecule has 9 heteroatoms. The van der Waals surface area contributed by atoms with Gasteiger partial charge < -0.3 is 4.74 Å². The van der Waals surface area contributed by atoms with Crippen LogP contribution in [0.2, 0.25) is 5.02 Å². The van der Waals surface area contributed by atoms with Gasteiger partial charge in [-0.15, -0.1) is 11.3 Å². The van der Waals surface area contributed by atoms with E-state index in [4.69, 9.17) is 16.3 Å². The van der Waals surface area contributed by atoms with Crippen LogP contribution < -0.4 is 0 Å². The van der Waals surface area contributed by atoms with Crippen molar-refractivity contribution < 1.29 is 13.2 Å². The molecule has 0 radical (unpaired) electrons. The molecule has 0 amide bonds. The molecule has 0 spiro atoms. The van der Waals surface area contributed by atoms with Crippen LogP contribution in [0.5, 0.6) is 0 Å². The van der Waals surface area contributed by atoms with Crippen molar-refractivity contribution in [2.75, 3.05) is 33.4 Å². The van der Waals surface area contributed by atoms with Crippen LogP contribution >= 0.6 is 22.9 Å². The average Bonchev–Trinajstić information content (AvgIpc) is 3.03. The maximum absolute atomic E-state index is 12.6. The number of nitrogens with zero attached hydrogens (tertiary/aromatic N) is 3. The first-order valence-corrected chi connectivity index (χ1v) is 10.6. The van der Waals surface area contributed by atoms with Crippen LogP contribution in [0.1, 0.15) is 10.7 Å².